The zero-order valence-corrected chi connectivity index (χ0v) is 16.0. The van der Waals surface area contributed by atoms with E-state index in [4.69, 9.17) is 25.8 Å². The van der Waals surface area contributed by atoms with Gasteiger partial charge in [0.1, 0.15) is 5.75 Å². The van der Waals surface area contributed by atoms with E-state index in [2.05, 4.69) is 5.32 Å². The van der Waals surface area contributed by atoms with E-state index >= 15 is 0 Å². The summed E-state index contributed by atoms with van der Waals surface area (Å²) < 4.78 is 16.8. The minimum atomic E-state index is -0.620. The zero-order valence-electron chi connectivity index (χ0n) is 15.3. The molecule has 2 rings (SSSR count). The van der Waals surface area contributed by atoms with Crippen molar-refractivity contribution in [2.45, 2.75) is 33.4 Å². The number of hydrogen-bond donors (Lipinski definition) is 1. The predicted molar refractivity (Wildman–Crippen MR) is 102 cm³/mol. The third-order valence-electron chi connectivity index (χ3n) is 3.57. The van der Waals surface area contributed by atoms with Crippen LogP contribution in [0, 0.1) is 0 Å². The second-order valence-electron chi connectivity index (χ2n) is 5.58. The molecule has 0 aromatic heterocycles. The van der Waals surface area contributed by atoms with Crippen LogP contribution in [0.25, 0.3) is 0 Å². The van der Waals surface area contributed by atoms with Crippen LogP contribution in [-0.2, 0) is 11.3 Å². The molecule has 6 heteroatoms. The molecule has 5 nitrogen and oxygen atoms in total. The SMILES string of the molecule is CCOc1ccc(CNC(=O)[C@@H](C)Oc2ccc(Cl)cc2)cc1OCC. The van der Waals surface area contributed by atoms with E-state index in [-0.39, 0.29) is 5.91 Å². The van der Waals surface area contributed by atoms with Crippen molar-refractivity contribution >= 4 is 17.5 Å². The fraction of sp³-hybridized carbons (Fsp3) is 0.350. The molecule has 0 aliphatic heterocycles. The van der Waals surface area contributed by atoms with Gasteiger partial charge in [-0.2, -0.15) is 0 Å². The smallest absolute Gasteiger partial charge is 0.261 e. The number of halogens is 1. The van der Waals surface area contributed by atoms with Crippen LogP contribution in [0.1, 0.15) is 26.3 Å². The van der Waals surface area contributed by atoms with E-state index in [1.54, 1.807) is 31.2 Å². The standard InChI is InChI=1S/C20H24ClNO4/c1-4-24-18-11-6-15(12-19(18)25-5-2)13-22-20(23)14(3)26-17-9-7-16(21)8-10-17/h6-12,14H,4-5,13H2,1-3H3,(H,22,23)/t14-/m1/s1. The summed E-state index contributed by atoms with van der Waals surface area (Å²) in [5, 5.41) is 3.49. The summed E-state index contributed by atoms with van der Waals surface area (Å²) in [5.41, 5.74) is 0.920. The lowest BCUT2D eigenvalue weighted by atomic mass is 10.2. The van der Waals surface area contributed by atoms with Gasteiger partial charge >= 0.3 is 0 Å². The van der Waals surface area contributed by atoms with Crippen molar-refractivity contribution in [1.29, 1.82) is 0 Å². The minimum Gasteiger partial charge on any atom is -0.490 e. The van der Waals surface area contributed by atoms with Crippen LogP contribution < -0.4 is 19.5 Å². The Labute approximate surface area is 159 Å². The molecular formula is C20H24ClNO4. The summed E-state index contributed by atoms with van der Waals surface area (Å²) in [7, 11) is 0. The quantitative estimate of drug-likeness (QED) is 0.710. The van der Waals surface area contributed by atoms with Gasteiger partial charge in [-0.3, -0.25) is 4.79 Å². The highest BCUT2D eigenvalue weighted by molar-refractivity contribution is 6.30. The average molecular weight is 378 g/mol. The van der Waals surface area contributed by atoms with E-state index in [9.17, 15) is 4.79 Å². The van der Waals surface area contributed by atoms with E-state index < -0.39 is 6.10 Å². The fourth-order valence-corrected chi connectivity index (χ4v) is 2.44. The lowest BCUT2D eigenvalue weighted by molar-refractivity contribution is -0.127. The van der Waals surface area contributed by atoms with Gasteiger partial charge < -0.3 is 19.5 Å². The summed E-state index contributed by atoms with van der Waals surface area (Å²) in [5.74, 6) is 1.76. The summed E-state index contributed by atoms with van der Waals surface area (Å²) in [4.78, 5) is 12.2. The molecule has 0 radical (unpaired) electrons. The third-order valence-corrected chi connectivity index (χ3v) is 3.82. The predicted octanol–water partition coefficient (Wildman–Crippen LogP) is 4.22. The Morgan fingerprint density at radius 1 is 1.04 bits per heavy atom. The number of amides is 1. The molecule has 2 aromatic rings. The third kappa shape index (κ3) is 5.85. The topological polar surface area (TPSA) is 56.8 Å². The lowest BCUT2D eigenvalue weighted by Crippen LogP contribution is -2.35. The van der Waals surface area contributed by atoms with Crippen molar-refractivity contribution in [2.24, 2.45) is 0 Å². The molecule has 0 aliphatic carbocycles. The van der Waals surface area contributed by atoms with Crippen LogP contribution in [0.15, 0.2) is 42.5 Å². The molecule has 140 valence electrons. The van der Waals surface area contributed by atoms with Crippen molar-refractivity contribution in [3.63, 3.8) is 0 Å². The van der Waals surface area contributed by atoms with Crippen LogP contribution >= 0.6 is 11.6 Å². The molecule has 0 aliphatic rings. The van der Waals surface area contributed by atoms with Crippen molar-refractivity contribution in [1.82, 2.24) is 5.32 Å². The first-order chi connectivity index (χ1) is 12.5. The molecule has 0 spiro atoms. The molecule has 1 N–H and O–H groups in total. The fourth-order valence-electron chi connectivity index (χ4n) is 2.31. The number of benzene rings is 2. The minimum absolute atomic E-state index is 0.202. The van der Waals surface area contributed by atoms with Gasteiger partial charge in [0, 0.05) is 11.6 Å². The molecule has 0 saturated heterocycles. The first kappa shape index (κ1) is 19.9. The molecule has 26 heavy (non-hydrogen) atoms. The zero-order chi connectivity index (χ0) is 18.9. The molecule has 2 aromatic carbocycles. The highest BCUT2D eigenvalue weighted by atomic mass is 35.5. The summed E-state index contributed by atoms with van der Waals surface area (Å²) in [6, 6.07) is 12.5. The molecule has 0 saturated carbocycles. The molecule has 0 bridgehead atoms. The maximum atomic E-state index is 12.2. The summed E-state index contributed by atoms with van der Waals surface area (Å²) in [6.07, 6.45) is -0.620. The Morgan fingerprint density at radius 3 is 2.35 bits per heavy atom. The summed E-state index contributed by atoms with van der Waals surface area (Å²) in [6.45, 7) is 7.02. The Morgan fingerprint density at radius 2 is 1.69 bits per heavy atom. The molecular weight excluding hydrogens is 354 g/mol. The van der Waals surface area contributed by atoms with Crippen LogP contribution in [0.4, 0.5) is 0 Å². The molecule has 0 fully saturated rings. The van der Waals surface area contributed by atoms with Gasteiger partial charge in [-0.25, -0.2) is 0 Å². The average Bonchev–Trinajstić information content (AvgIpc) is 2.63. The van der Waals surface area contributed by atoms with E-state index in [0.717, 1.165) is 5.56 Å². The van der Waals surface area contributed by atoms with Gasteiger partial charge in [0.05, 0.1) is 13.2 Å². The summed E-state index contributed by atoms with van der Waals surface area (Å²) >= 11 is 5.84. The Kier molecular flexibility index (Phi) is 7.60. The highest BCUT2D eigenvalue weighted by Gasteiger charge is 2.15. The lowest BCUT2D eigenvalue weighted by Gasteiger charge is -2.16. The maximum absolute atomic E-state index is 12.2. The van der Waals surface area contributed by atoms with E-state index in [0.29, 0.717) is 42.0 Å². The Balaban J connectivity index is 1.93. The van der Waals surface area contributed by atoms with Gasteiger partial charge in [-0.05, 0) is 62.7 Å². The molecule has 0 unspecified atom stereocenters. The van der Waals surface area contributed by atoms with Gasteiger partial charge in [-0.1, -0.05) is 17.7 Å². The van der Waals surface area contributed by atoms with Crippen LogP contribution in [-0.4, -0.2) is 25.2 Å². The van der Waals surface area contributed by atoms with Gasteiger partial charge in [-0.15, -0.1) is 0 Å². The van der Waals surface area contributed by atoms with Gasteiger partial charge in [0.15, 0.2) is 17.6 Å². The number of hydrogen-bond acceptors (Lipinski definition) is 4. The van der Waals surface area contributed by atoms with Gasteiger partial charge in [0.25, 0.3) is 5.91 Å². The van der Waals surface area contributed by atoms with Crippen molar-refractivity contribution < 1.29 is 19.0 Å². The monoisotopic (exact) mass is 377 g/mol. The number of ether oxygens (including phenoxy) is 3. The second kappa shape index (κ2) is 9.92. The Hall–Kier alpha value is -2.40. The van der Waals surface area contributed by atoms with Crippen LogP contribution in [0.3, 0.4) is 0 Å². The first-order valence-corrected chi connectivity index (χ1v) is 8.99. The number of carbonyl (C=O) groups is 1. The van der Waals surface area contributed by atoms with Crippen molar-refractivity contribution in [3.05, 3.63) is 53.1 Å². The largest absolute Gasteiger partial charge is 0.490 e. The van der Waals surface area contributed by atoms with E-state index in [1.807, 2.05) is 32.0 Å². The molecule has 1 atom stereocenters. The normalized spacial score (nSPS) is 11.5. The number of carbonyl (C=O) groups excluding carboxylic acids is 1. The second-order valence-corrected chi connectivity index (χ2v) is 6.02. The first-order valence-electron chi connectivity index (χ1n) is 8.62. The maximum Gasteiger partial charge on any atom is 0.261 e. The van der Waals surface area contributed by atoms with Crippen LogP contribution in [0.5, 0.6) is 17.2 Å². The van der Waals surface area contributed by atoms with Crippen LogP contribution in [0.2, 0.25) is 5.02 Å². The number of nitrogens with one attached hydrogen (secondary N) is 1. The van der Waals surface area contributed by atoms with Crippen molar-refractivity contribution in [2.75, 3.05) is 13.2 Å². The molecule has 0 heterocycles. The van der Waals surface area contributed by atoms with E-state index in [1.165, 1.54) is 0 Å². The number of rotatable bonds is 9. The molecule has 1 amide bonds. The van der Waals surface area contributed by atoms with Gasteiger partial charge in [0.2, 0.25) is 0 Å². The van der Waals surface area contributed by atoms with Crippen molar-refractivity contribution in [3.8, 4) is 17.2 Å². The highest BCUT2D eigenvalue weighted by Crippen LogP contribution is 2.28. The Bertz CT molecular complexity index is 718.